The van der Waals surface area contributed by atoms with E-state index in [-0.39, 0.29) is 5.56 Å². The summed E-state index contributed by atoms with van der Waals surface area (Å²) in [4.78, 5) is 23.6. The lowest BCUT2D eigenvalue weighted by Crippen LogP contribution is -2.21. The molecule has 1 N–H and O–H groups in total. The van der Waals surface area contributed by atoms with E-state index in [1.54, 1.807) is 18.2 Å². The van der Waals surface area contributed by atoms with E-state index in [4.69, 9.17) is 4.74 Å². The molecular weight excluding hydrogens is 335 g/mol. The molecule has 0 aliphatic heterocycles. The fraction of sp³-hybridized carbons (Fsp3) is 0.222. The number of anilines is 1. The molecule has 0 saturated heterocycles. The summed E-state index contributed by atoms with van der Waals surface area (Å²) >= 11 is 0. The molecular formula is C18H16F3NO3. The predicted octanol–water partition coefficient (Wildman–Crippen LogP) is 4.06. The largest absolute Gasteiger partial charge is 0.452 e. The number of benzene rings is 2. The molecule has 7 heteroatoms. The van der Waals surface area contributed by atoms with Gasteiger partial charge in [0.05, 0.1) is 11.1 Å². The average Bonchev–Trinajstić information content (AvgIpc) is 2.59. The van der Waals surface area contributed by atoms with Gasteiger partial charge in [0.2, 0.25) is 0 Å². The van der Waals surface area contributed by atoms with Crippen LogP contribution in [0.3, 0.4) is 0 Å². The smallest absolute Gasteiger partial charge is 0.416 e. The van der Waals surface area contributed by atoms with Crippen LogP contribution in [0.5, 0.6) is 0 Å². The highest BCUT2D eigenvalue weighted by molar-refractivity contribution is 5.95. The van der Waals surface area contributed by atoms with Crippen LogP contribution in [0.15, 0.2) is 48.5 Å². The van der Waals surface area contributed by atoms with Crippen molar-refractivity contribution in [2.45, 2.75) is 19.5 Å². The van der Waals surface area contributed by atoms with E-state index in [1.807, 2.05) is 13.0 Å². The molecule has 0 aliphatic rings. The number of halogens is 3. The van der Waals surface area contributed by atoms with Crippen LogP contribution < -0.4 is 5.32 Å². The van der Waals surface area contributed by atoms with Gasteiger partial charge in [-0.3, -0.25) is 4.79 Å². The summed E-state index contributed by atoms with van der Waals surface area (Å²) in [7, 11) is 0. The maximum Gasteiger partial charge on any atom is 0.416 e. The predicted molar refractivity (Wildman–Crippen MR) is 86.2 cm³/mol. The third-order valence-electron chi connectivity index (χ3n) is 3.38. The quantitative estimate of drug-likeness (QED) is 0.827. The van der Waals surface area contributed by atoms with Crippen molar-refractivity contribution in [2.24, 2.45) is 0 Å². The van der Waals surface area contributed by atoms with Gasteiger partial charge in [-0.25, -0.2) is 4.79 Å². The molecule has 0 radical (unpaired) electrons. The van der Waals surface area contributed by atoms with Crippen molar-refractivity contribution in [1.82, 2.24) is 0 Å². The van der Waals surface area contributed by atoms with Crippen molar-refractivity contribution in [3.63, 3.8) is 0 Å². The van der Waals surface area contributed by atoms with Gasteiger partial charge in [0.25, 0.3) is 5.91 Å². The van der Waals surface area contributed by atoms with Gasteiger partial charge in [-0.05, 0) is 42.3 Å². The number of carbonyl (C=O) groups excluding carboxylic acids is 2. The molecule has 132 valence electrons. The van der Waals surface area contributed by atoms with E-state index >= 15 is 0 Å². The van der Waals surface area contributed by atoms with Gasteiger partial charge >= 0.3 is 12.1 Å². The zero-order chi connectivity index (χ0) is 18.4. The second-order valence-corrected chi connectivity index (χ2v) is 5.26. The Hall–Kier alpha value is -2.83. The molecule has 2 rings (SSSR count). The van der Waals surface area contributed by atoms with Crippen molar-refractivity contribution in [3.8, 4) is 0 Å². The SMILES string of the molecule is CCc1cccc(NC(=O)COC(=O)c2cccc(C(F)(F)F)c2)c1. The van der Waals surface area contributed by atoms with Crippen LogP contribution in [0, 0.1) is 0 Å². The third-order valence-corrected chi connectivity index (χ3v) is 3.38. The van der Waals surface area contributed by atoms with Crippen LogP contribution in [0.1, 0.15) is 28.4 Å². The number of esters is 1. The first kappa shape index (κ1) is 18.5. The number of carbonyl (C=O) groups is 2. The van der Waals surface area contributed by atoms with E-state index in [0.717, 1.165) is 24.1 Å². The van der Waals surface area contributed by atoms with Crippen LogP contribution in [-0.2, 0) is 22.1 Å². The standard InChI is InChI=1S/C18H16F3NO3/c1-2-12-5-3-8-15(9-12)22-16(23)11-25-17(24)13-6-4-7-14(10-13)18(19,20)21/h3-10H,2,11H2,1H3,(H,22,23). The number of hydrogen-bond donors (Lipinski definition) is 1. The van der Waals surface area contributed by atoms with Crippen LogP contribution in [0.2, 0.25) is 0 Å². The summed E-state index contributed by atoms with van der Waals surface area (Å²) < 4.78 is 42.7. The number of ether oxygens (including phenoxy) is 1. The molecule has 4 nitrogen and oxygen atoms in total. The van der Waals surface area contributed by atoms with Crippen molar-refractivity contribution in [3.05, 3.63) is 65.2 Å². The topological polar surface area (TPSA) is 55.4 Å². The lowest BCUT2D eigenvalue weighted by Gasteiger charge is -2.09. The number of rotatable bonds is 5. The first-order valence-electron chi connectivity index (χ1n) is 7.52. The van der Waals surface area contributed by atoms with Gasteiger partial charge in [-0.15, -0.1) is 0 Å². The Labute approximate surface area is 142 Å². The number of amides is 1. The monoisotopic (exact) mass is 351 g/mol. The molecule has 0 atom stereocenters. The summed E-state index contributed by atoms with van der Waals surface area (Å²) in [6.45, 7) is 1.38. The summed E-state index contributed by atoms with van der Waals surface area (Å²) in [5.41, 5.74) is 0.358. The Morgan fingerprint density at radius 3 is 2.48 bits per heavy atom. The first-order chi connectivity index (χ1) is 11.8. The number of hydrogen-bond acceptors (Lipinski definition) is 3. The van der Waals surface area contributed by atoms with Gasteiger partial charge < -0.3 is 10.1 Å². The number of aryl methyl sites for hydroxylation is 1. The molecule has 0 spiro atoms. The molecule has 0 unspecified atom stereocenters. The van der Waals surface area contributed by atoms with Gasteiger partial charge in [-0.1, -0.05) is 25.1 Å². The van der Waals surface area contributed by atoms with Gasteiger partial charge in [0.15, 0.2) is 6.61 Å². The Morgan fingerprint density at radius 2 is 1.80 bits per heavy atom. The Bertz CT molecular complexity index is 772. The Balaban J connectivity index is 1.94. The molecule has 0 saturated carbocycles. The average molecular weight is 351 g/mol. The van der Waals surface area contributed by atoms with Crippen LogP contribution in [0.4, 0.5) is 18.9 Å². The lowest BCUT2D eigenvalue weighted by molar-refractivity contribution is -0.137. The number of nitrogens with one attached hydrogen (secondary N) is 1. The van der Waals surface area contributed by atoms with Gasteiger partial charge in [-0.2, -0.15) is 13.2 Å². The normalized spacial score (nSPS) is 11.0. The molecule has 2 aromatic rings. The Morgan fingerprint density at radius 1 is 1.08 bits per heavy atom. The minimum atomic E-state index is -4.56. The first-order valence-corrected chi connectivity index (χ1v) is 7.52. The zero-order valence-electron chi connectivity index (χ0n) is 13.4. The van der Waals surface area contributed by atoms with E-state index in [0.29, 0.717) is 11.8 Å². The highest BCUT2D eigenvalue weighted by Gasteiger charge is 2.31. The van der Waals surface area contributed by atoms with Gasteiger partial charge in [0.1, 0.15) is 0 Å². The van der Waals surface area contributed by atoms with Crippen molar-refractivity contribution >= 4 is 17.6 Å². The fourth-order valence-corrected chi connectivity index (χ4v) is 2.10. The fourth-order valence-electron chi connectivity index (χ4n) is 2.10. The summed E-state index contributed by atoms with van der Waals surface area (Å²) in [6.07, 6.45) is -3.76. The molecule has 0 heterocycles. The van der Waals surface area contributed by atoms with E-state index in [9.17, 15) is 22.8 Å². The second-order valence-electron chi connectivity index (χ2n) is 5.26. The van der Waals surface area contributed by atoms with Gasteiger partial charge in [0, 0.05) is 5.69 Å². The second kappa shape index (κ2) is 7.83. The molecule has 1 amide bonds. The third kappa shape index (κ3) is 5.34. The van der Waals surface area contributed by atoms with E-state index in [2.05, 4.69) is 5.32 Å². The van der Waals surface area contributed by atoms with Crippen LogP contribution >= 0.6 is 0 Å². The Kier molecular flexibility index (Phi) is 5.80. The zero-order valence-corrected chi connectivity index (χ0v) is 13.4. The molecule has 0 bridgehead atoms. The molecule has 2 aromatic carbocycles. The van der Waals surface area contributed by atoms with E-state index < -0.39 is 30.2 Å². The maximum atomic E-state index is 12.6. The van der Waals surface area contributed by atoms with Crippen molar-refractivity contribution < 1.29 is 27.5 Å². The van der Waals surface area contributed by atoms with Crippen molar-refractivity contribution in [1.29, 1.82) is 0 Å². The minimum absolute atomic E-state index is 0.268. The number of alkyl halides is 3. The highest BCUT2D eigenvalue weighted by Crippen LogP contribution is 2.29. The highest BCUT2D eigenvalue weighted by atomic mass is 19.4. The summed E-state index contributed by atoms with van der Waals surface area (Å²) in [5.74, 6) is -1.57. The lowest BCUT2D eigenvalue weighted by atomic mass is 10.1. The molecule has 0 aliphatic carbocycles. The van der Waals surface area contributed by atoms with Crippen molar-refractivity contribution in [2.75, 3.05) is 11.9 Å². The minimum Gasteiger partial charge on any atom is -0.452 e. The maximum absolute atomic E-state index is 12.6. The van der Waals surface area contributed by atoms with Crippen LogP contribution in [-0.4, -0.2) is 18.5 Å². The summed E-state index contributed by atoms with van der Waals surface area (Å²) in [5, 5.41) is 2.56. The molecule has 0 fully saturated rings. The molecule has 25 heavy (non-hydrogen) atoms. The van der Waals surface area contributed by atoms with E-state index in [1.165, 1.54) is 6.07 Å². The van der Waals surface area contributed by atoms with Crippen LogP contribution in [0.25, 0.3) is 0 Å². The molecule has 0 aromatic heterocycles. The summed E-state index contributed by atoms with van der Waals surface area (Å²) in [6, 6.07) is 11.0.